The van der Waals surface area contributed by atoms with Crippen LogP contribution in [0.25, 0.3) is 0 Å². The van der Waals surface area contributed by atoms with E-state index in [1.54, 1.807) is 32.6 Å². The summed E-state index contributed by atoms with van der Waals surface area (Å²) in [6.45, 7) is 12.5. The third kappa shape index (κ3) is 10.2. The fourth-order valence-corrected chi connectivity index (χ4v) is 4.80. The number of carbonyl (C=O) groups is 4. The Kier molecular flexibility index (Phi) is 10.9. The maximum Gasteiger partial charge on any atom is 0.407 e. The smallest absolute Gasteiger partial charge is 0.407 e. The van der Waals surface area contributed by atoms with E-state index >= 15 is 0 Å². The van der Waals surface area contributed by atoms with Crippen molar-refractivity contribution in [2.24, 2.45) is 11.3 Å². The first-order valence-corrected chi connectivity index (χ1v) is 13.6. The first kappa shape index (κ1) is 32.1. The molecule has 0 saturated heterocycles. The van der Waals surface area contributed by atoms with Crippen molar-refractivity contribution in [2.75, 3.05) is 11.4 Å². The molecule has 1 aromatic carbocycles. The largest absolute Gasteiger partial charge is 0.481 e. The molecule has 3 amide bonds. The van der Waals surface area contributed by atoms with Gasteiger partial charge in [-0.3, -0.25) is 14.4 Å². The summed E-state index contributed by atoms with van der Waals surface area (Å²) < 4.78 is 5.37. The number of hydrogen-bond donors (Lipinski definition) is 4. The van der Waals surface area contributed by atoms with Gasteiger partial charge in [-0.2, -0.15) is 0 Å². The molecule has 0 aromatic heterocycles. The molecule has 0 saturated carbocycles. The van der Waals surface area contributed by atoms with Crippen LogP contribution in [0.15, 0.2) is 24.3 Å². The van der Waals surface area contributed by atoms with Crippen molar-refractivity contribution < 1.29 is 34.1 Å². The third-order valence-corrected chi connectivity index (χ3v) is 6.72. The number of ether oxygens (including phenoxy) is 1. The number of carboxylic acid groups (broad SMARTS) is 1. The summed E-state index contributed by atoms with van der Waals surface area (Å²) >= 11 is 0. The number of hydrogen-bond acceptors (Lipinski definition) is 6. The number of benzene rings is 1. The first-order chi connectivity index (χ1) is 18.0. The summed E-state index contributed by atoms with van der Waals surface area (Å²) in [7, 11) is 0. The van der Waals surface area contributed by atoms with Gasteiger partial charge in [0.25, 0.3) is 0 Å². The number of nitrogens with zero attached hydrogens (tertiary/aromatic N) is 1. The van der Waals surface area contributed by atoms with Gasteiger partial charge in [0.2, 0.25) is 11.8 Å². The highest BCUT2D eigenvalue weighted by Crippen LogP contribution is 2.33. The van der Waals surface area contributed by atoms with E-state index < -0.39 is 41.1 Å². The van der Waals surface area contributed by atoms with Crippen molar-refractivity contribution in [3.63, 3.8) is 0 Å². The number of rotatable bonds is 11. The molecule has 1 aromatic rings. The molecule has 0 bridgehead atoms. The molecule has 0 unspecified atom stereocenters. The minimum atomic E-state index is -1.16. The van der Waals surface area contributed by atoms with Crippen LogP contribution < -0.4 is 15.5 Å². The lowest BCUT2D eigenvalue weighted by Gasteiger charge is -2.38. The number of amides is 3. The molecule has 39 heavy (non-hydrogen) atoms. The van der Waals surface area contributed by atoms with Gasteiger partial charge in [-0.25, -0.2) is 4.79 Å². The molecule has 218 valence electrons. The van der Waals surface area contributed by atoms with Crippen molar-refractivity contribution in [3.8, 4) is 0 Å². The van der Waals surface area contributed by atoms with E-state index in [0.717, 1.165) is 11.3 Å². The van der Waals surface area contributed by atoms with Crippen molar-refractivity contribution in [2.45, 2.75) is 104 Å². The maximum absolute atomic E-state index is 13.7. The Bertz CT molecular complexity index is 1030. The molecule has 1 heterocycles. The van der Waals surface area contributed by atoms with Gasteiger partial charge >= 0.3 is 12.1 Å². The van der Waals surface area contributed by atoms with Crippen LogP contribution in [0.3, 0.4) is 0 Å². The zero-order chi connectivity index (χ0) is 29.5. The van der Waals surface area contributed by atoms with E-state index in [0.29, 0.717) is 19.4 Å². The molecule has 4 atom stereocenters. The first-order valence-electron chi connectivity index (χ1n) is 13.6. The Labute approximate surface area is 231 Å². The Hall–Kier alpha value is -3.14. The molecular weight excluding hydrogens is 502 g/mol. The van der Waals surface area contributed by atoms with Crippen molar-refractivity contribution in [3.05, 3.63) is 29.8 Å². The van der Waals surface area contributed by atoms with E-state index in [1.165, 1.54) is 6.92 Å². The summed E-state index contributed by atoms with van der Waals surface area (Å²) in [5, 5.41) is 25.9. The summed E-state index contributed by atoms with van der Waals surface area (Å²) in [4.78, 5) is 51.4. The van der Waals surface area contributed by atoms with Gasteiger partial charge in [0, 0.05) is 25.1 Å². The van der Waals surface area contributed by atoms with E-state index in [9.17, 15) is 29.4 Å². The van der Waals surface area contributed by atoms with Crippen LogP contribution in [-0.4, -0.2) is 64.4 Å². The lowest BCUT2D eigenvalue weighted by molar-refractivity contribution is -0.142. The van der Waals surface area contributed by atoms with Gasteiger partial charge in [-0.05, 0) is 57.1 Å². The summed E-state index contributed by atoms with van der Waals surface area (Å²) in [6, 6.07) is 6.57. The predicted octanol–water partition coefficient (Wildman–Crippen LogP) is 3.64. The average molecular weight is 548 g/mol. The standard InChI is InChI=1S/C29H45N3O7/c1-8-24(34)30-20-14-19-11-9-10-12-22(19)32(17-20)25(35)16-29(6,7)15-21(23(33)13-18(2)26(36)37)31-27(38)39-28(3,4)5/h9-12,18,20-21,23,33H,8,13-17H2,1-7H3,(H,30,34)(H,31,38)(H,36,37)/t18-,20-,21+,23+/m1/s1. The van der Waals surface area contributed by atoms with Gasteiger partial charge in [0.05, 0.1) is 24.1 Å². The molecule has 2 rings (SSSR count). The quantitative estimate of drug-likeness (QED) is 0.331. The normalized spacial score (nSPS) is 17.8. The van der Waals surface area contributed by atoms with Crippen LogP contribution in [0.2, 0.25) is 0 Å². The Balaban J connectivity index is 2.22. The van der Waals surface area contributed by atoms with E-state index in [2.05, 4.69) is 10.6 Å². The molecule has 4 N–H and O–H groups in total. The van der Waals surface area contributed by atoms with Gasteiger partial charge in [-0.1, -0.05) is 45.9 Å². The number of carboxylic acids is 1. The van der Waals surface area contributed by atoms with Gasteiger partial charge in [-0.15, -0.1) is 0 Å². The minimum absolute atomic E-state index is 0.0713. The number of para-hydroxylation sites is 1. The summed E-state index contributed by atoms with van der Waals surface area (Å²) in [5.74, 6) is -2.10. The van der Waals surface area contributed by atoms with E-state index in [4.69, 9.17) is 4.74 Å². The van der Waals surface area contributed by atoms with Crippen LogP contribution in [0, 0.1) is 11.3 Å². The second-order valence-electron chi connectivity index (χ2n) is 12.3. The zero-order valence-electron chi connectivity index (χ0n) is 24.2. The van der Waals surface area contributed by atoms with E-state index in [1.807, 2.05) is 38.1 Å². The number of anilines is 1. The minimum Gasteiger partial charge on any atom is -0.481 e. The van der Waals surface area contributed by atoms with Crippen molar-refractivity contribution >= 4 is 29.6 Å². The topological polar surface area (TPSA) is 145 Å². The van der Waals surface area contributed by atoms with Crippen LogP contribution in [0.5, 0.6) is 0 Å². The highest BCUT2D eigenvalue weighted by atomic mass is 16.6. The van der Waals surface area contributed by atoms with Crippen molar-refractivity contribution in [1.29, 1.82) is 0 Å². The maximum atomic E-state index is 13.7. The predicted molar refractivity (Wildman–Crippen MR) is 148 cm³/mol. The van der Waals surface area contributed by atoms with E-state index in [-0.39, 0.29) is 37.1 Å². The molecule has 0 fully saturated rings. The summed E-state index contributed by atoms with van der Waals surface area (Å²) in [5.41, 5.74) is 0.335. The second kappa shape index (κ2) is 13.3. The Morgan fingerprint density at radius 1 is 1.13 bits per heavy atom. The number of alkyl carbamates (subject to hydrolysis) is 1. The second-order valence-corrected chi connectivity index (χ2v) is 12.3. The average Bonchev–Trinajstić information content (AvgIpc) is 2.81. The highest BCUT2D eigenvalue weighted by molar-refractivity contribution is 5.95. The number of fused-ring (bicyclic) bond motifs is 1. The van der Waals surface area contributed by atoms with Gasteiger partial charge < -0.3 is 30.5 Å². The third-order valence-electron chi connectivity index (χ3n) is 6.72. The fraction of sp³-hybridized carbons (Fsp3) is 0.655. The molecular formula is C29H45N3O7. The fourth-order valence-electron chi connectivity index (χ4n) is 4.80. The molecule has 1 aliphatic rings. The van der Waals surface area contributed by atoms with Crippen LogP contribution >= 0.6 is 0 Å². The Morgan fingerprint density at radius 3 is 2.36 bits per heavy atom. The lowest BCUT2D eigenvalue weighted by Crippen LogP contribution is -2.51. The Morgan fingerprint density at radius 2 is 1.77 bits per heavy atom. The number of aliphatic hydroxyl groups excluding tert-OH is 1. The monoisotopic (exact) mass is 547 g/mol. The van der Waals surface area contributed by atoms with Gasteiger partial charge in [0.15, 0.2) is 0 Å². The van der Waals surface area contributed by atoms with Gasteiger partial charge in [0.1, 0.15) is 5.60 Å². The summed E-state index contributed by atoms with van der Waals surface area (Å²) in [6.07, 6.45) is -0.671. The molecule has 0 radical (unpaired) electrons. The number of nitrogens with one attached hydrogen (secondary N) is 2. The number of aliphatic hydroxyl groups is 1. The SMILES string of the molecule is CCC(=O)N[C@@H]1Cc2ccccc2N(C(=O)CC(C)(C)C[C@H](NC(=O)OC(C)(C)C)[C@@H](O)C[C@@H](C)C(=O)O)C1. The molecule has 1 aliphatic heterocycles. The zero-order valence-corrected chi connectivity index (χ0v) is 24.2. The molecule has 0 spiro atoms. The molecule has 0 aliphatic carbocycles. The molecule has 10 nitrogen and oxygen atoms in total. The lowest BCUT2D eigenvalue weighted by atomic mass is 9.79. The van der Waals surface area contributed by atoms with Crippen LogP contribution in [0.4, 0.5) is 10.5 Å². The van der Waals surface area contributed by atoms with Crippen molar-refractivity contribution in [1.82, 2.24) is 10.6 Å². The number of aliphatic carboxylic acids is 1. The van der Waals surface area contributed by atoms with Crippen LogP contribution in [-0.2, 0) is 25.5 Å². The highest BCUT2D eigenvalue weighted by Gasteiger charge is 2.36. The van der Waals surface area contributed by atoms with Crippen LogP contribution in [0.1, 0.15) is 79.7 Å². The molecule has 10 heteroatoms. The number of carbonyl (C=O) groups excluding carboxylic acids is 3.